The van der Waals surface area contributed by atoms with Crippen LogP contribution in [0.25, 0.3) is 0 Å². The average molecular weight is 348 g/mol. The van der Waals surface area contributed by atoms with Crippen molar-refractivity contribution in [3.8, 4) is 0 Å². The van der Waals surface area contributed by atoms with Crippen molar-refractivity contribution in [1.29, 1.82) is 0 Å². The maximum absolute atomic E-state index is 12.2. The number of benzene rings is 1. The summed E-state index contributed by atoms with van der Waals surface area (Å²) in [6.45, 7) is 1.11. The fourth-order valence-electron chi connectivity index (χ4n) is 3.09. The number of aryl methyl sites for hydroxylation is 1. The molecule has 0 radical (unpaired) electrons. The third kappa shape index (κ3) is 3.14. The van der Waals surface area contributed by atoms with Crippen molar-refractivity contribution >= 4 is 23.4 Å². The molecular formula is C17H18ClN3O3. The van der Waals surface area contributed by atoms with Gasteiger partial charge in [0.2, 0.25) is 0 Å². The second kappa shape index (κ2) is 6.65. The maximum Gasteiger partial charge on any atom is 0.311 e. The number of methoxy groups -OCH3 is 1. The van der Waals surface area contributed by atoms with Crippen LogP contribution in [0, 0.1) is 5.92 Å². The number of esters is 1. The van der Waals surface area contributed by atoms with Gasteiger partial charge in [0.15, 0.2) is 0 Å². The topological polar surface area (TPSA) is 64.4 Å². The summed E-state index contributed by atoms with van der Waals surface area (Å²) in [5.41, 5.74) is 0.860. The largest absolute Gasteiger partial charge is 0.469 e. The summed E-state index contributed by atoms with van der Waals surface area (Å²) in [5.74, 6) is 0.105. The maximum atomic E-state index is 12.2. The van der Waals surface area contributed by atoms with Crippen LogP contribution in [0.5, 0.6) is 0 Å². The Hall–Kier alpha value is -2.34. The van der Waals surface area contributed by atoms with Crippen LogP contribution in [0.4, 0.5) is 5.82 Å². The van der Waals surface area contributed by atoms with Crippen molar-refractivity contribution in [2.75, 3.05) is 25.1 Å². The minimum atomic E-state index is -0.296. The zero-order valence-electron chi connectivity index (χ0n) is 13.5. The van der Waals surface area contributed by atoms with Crippen LogP contribution in [0.3, 0.4) is 0 Å². The molecule has 2 atom stereocenters. The SMILES string of the molecule is COC(=O)[C@@H]1CN(c2ccc(=O)n(C)n2)C[C@H]1c1ccc(Cl)cc1. The van der Waals surface area contributed by atoms with Crippen LogP contribution in [0.2, 0.25) is 5.02 Å². The van der Waals surface area contributed by atoms with E-state index in [4.69, 9.17) is 16.3 Å². The number of ether oxygens (including phenoxy) is 1. The molecule has 126 valence electrons. The number of carbonyl (C=O) groups is 1. The van der Waals surface area contributed by atoms with E-state index in [9.17, 15) is 9.59 Å². The van der Waals surface area contributed by atoms with E-state index in [1.165, 1.54) is 17.9 Å². The summed E-state index contributed by atoms with van der Waals surface area (Å²) >= 11 is 5.96. The highest BCUT2D eigenvalue weighted by atomic mass is 35.5. The summed E-state index contributed by atoms with van der Waals surface area (Å²) in [6, 6.07) is 10.7. The Balaban J connectivity index is 1.92. The number of hydrogen-bond donors (Lipinski definition) is 0. The molecule has 0 saturated carbocycles. The van der Waals surface area contributed by atoms with Gasteiger partial charge in [-0.05, 0) is 23.8 Å². The molecule has 1 saturated heterocycles. The van der Waals surface area contributed by atoms with Crippen molar-refractivity contribution in [3.05, 3.63) is 57.3 Å². The molecule has 7 heteroatoms. The molecule has 6 nitrogen and oxygen atoms in total. The Labute approximate surface area is 144 Å². The molecule has 24 heavy (non-hydrogen) atoms. The molecule has 2 aromatic rings. The highest BCUT2D eigenvalue weighted by Gasteiger charge is 2.39. The van der Waals surface area contributed by atoms with E-state index >= 15 is 0 Å². The summed E-state index contributed by atoms with van der Waals surface area (Å²) in [5, 5.41) is 4.93. The van der Waals surface area contributed by atoms with Gasteiger partial charge in [-0.15, -0.1) is 0 Å². The highest BCUT2D eigenvalue weighted by molar-refractivity contribution is 6.30. The smallest absolute Gasteiger partial charge is 0.311 e. The van der Waals surface area contributed by atoms with Crippen LogP contribution in [0.1, 0.15) is 11.5 Å². The molecule has 0 unspecified atom stereocenters. The van der Waals surface area contributed by atoms with Crippen LogP contribution in [-0.4, -0.2) is 35.9 Å². The summed E-state index contributed by atoms with van der Waals surface area (Å²) in [4.78, 5) is 25.7. The first-order valence-corrected chi connectivity index (χ1v) is 8.00. The van der Waals surface area contributed by atoms with Crippen molar-refractivity contribution in [2.24, 2.45) is 13.0 Å². The third-order valence-electron chi connectivity index (χ3n) is 4.39. The number of aromatic nitrogens is 2. The van der Waals surface area contributed by atoms with Gasteiger partial charge in [-0.3, -0.25) is 9.59 Å². The fourth-order valence-corrected chi connectivity index (χ4v) is 3.21. The highest BCUT2D eigenvalue weighted by Crippen LogP contribution is 2.35. The van der Waals surface area contributed by atoms with Crippen LogP contribution < -0.4 is 10.5 Å². The van der Waals surface area contributed by atoms with Gasteiger partial charge in [0.25, 0.3) is 5.56 Å². The van der Waals surface area contributed by atoms with E-state index in [2.05, 4.69) is 5.10 Å². The number of halogens is 1. The first-order valence-electron chi connectivity index (χ1n) is 7.62. The molecule has 0 N–H and O–H groups in total. The zero-order valence-corrected chi connectivity index (χ0v) is 14.2. The Kier molecular flexibility index (Phi) is 4.57. The summed E-state index contributed by atoms with van der Waals surface area (Å²) in [7, 11) is 3.00. The number of anilines is 1. The lowest BCUT2D eigenvalue weighted by Crippen LogP contribution is -2.27. The van der Waals surface area contributed by atoms with Crippen molar-refractivity contribution in [1.82, 2.24) is 9.78 Å². The van der Waals surface area contributed by atoms with Gasteiger partial charge in [0.1, 0.15) is 5.82 Å². The van der Waals surface area contributed by atoms with Crippen molar-refractivity contribution in [3.63, 3.8) is 0 Å². The van der Waals surface area contributed by atoms with Gasteiger partial charge in [-0.1, -0.05) is 23.7 Å². The Bertz CT molecular complexity index is 803. The van der Waals surface area contributed by atoms with E-state index in [-0.39, 0.29) is 23.4 Å². The molecule has 0 aliphatic carbocycles. The first-order chi connectivity index (χ1) is 11.5. The number of rotatable bonds is 3. The van der Waals surface area contributed by atoms with E-state index in [0.717, 1.165) is 5.56 Å². The lowest BCUT2D eigenvalue weighted by atomic mass is 9.89. The molecule has 1 aliphatic heterocycles. The van der Waals surface area contributed by atoms with Gasteiger partial charge in [0, 0.05) is 37.1 Å². The molecule has 1 fully saturated rings. The Morgan fingerprint density at radius 1 is 1.21 bits per heavy atom. The molecule has 3 rings (SSSR count). The standard InChI is InChI=1S/C17H18ClN3O3/c1-20-16(22)8-7-15(19-20)21-9-13(14(10-21)17(23)24-2)11-3-5-12(18)6-4-11/h3-8,13-14H,9-10H2,1-2H3/t13-,14+/m0/s1. The van der Waals surface area contributed by atoms with Gasteiger partial charge in [-0.25, -0.2) is 4.68 Å². The van der Waals surface area contributed by atoms with Gasteiger partial charge in [0.05, 0.1) is 13.0 Å². The molecule has 0 spiro atoms. The molecule has 1 aliphatic rings. The monoisotopic (exact) mass is 347 g/mol. The van der Waals surface area contributed by atoms with Crippen molar-refractivity contribution < 1.29 is 9.53 Å². The second-order valence-corrected chi connectivity index (χ2v) is 6.28. The molecule has 0 amide bonds. The van der Waals surface area contributed by atoms with Crippen LogP contribution in [-0.2, 0) is 16.6 Å². The van der Waals surface area contributed by atoms with E-state index in [1.807, 2.05) is 29.2 Å². The van der Waals surface area contributed by atoms with Crippen molar-refractivity contribution in [2.45, 2.75) is 5.92 Å². The van der Waals surface area contributed by atoms with E-state index < -0.39 is 0 Å². The number of hydrogen-bond acceptors (Lipinski definition) is 5. The average Bonchev–Trinajstić information content (AvgIpc) is 3.02. The normalized spacial score (nSPS) is 20.2. The van der Waals surface area contributed by atoms with Crippen LogP contribution >= 0.6 is 11.6 Å². The molecule has 0 bridgehead atoms. The Morgan fingerprint density at radius 3 is 2.54 bits per heavy atom. The zero-order chi connectivity index (χ0) is 17.3. The Morgan fingerprint density at radius 2 is 1.92 bits per heavy atom. The minimum Gasteiger partial charge on any atom is -0.469 e. The molecular weight excluding hydrogens is 330 g/mol. The summed E-state index contributed by atoms with van der Waals surface area (Å²) in [6.07, 6.45) is 0. The van der Waals surface area contributed by atoms with Crippen LogP contribution in [0.15, 0.2) is 41.2 Å². The second-order valence-electron chi connectivity index (χ2n) is 5.85. The van der Waals surface area contributed by atoms with E-state index in [1.54, 1.807) is 13.1 Å². The van der Waals surface area contributed by atoms with Gasteiger partial charge < -0.3 is 9.64 Å². The van der Waals surface area contributed by atoms with Gasteiger partial charge >= 0.3 is 5.97 Å². The lowest BCUT2D eigenvalue weighted by Gasteiger charge is -2.17. The molecule has 1 aromatic heterocycles. The van der Waals surface area contributed by atoms with E-state index in [0.29, 0.717) is 23.9 Å². The summed E-state index contributed by atoms with van der Waals surface area (Å²) < 4.78 is 6.26. The predicted octanol–water partition coefficient (Wildman–Crippen LogP) is 1.83. The quantitative estimate of drug-likeness (QED) is 0.792. The minimum absolute atomic E-state index is 0.0197. The third-order valence-corrected chi connectivity index (χ3v) is 4.64. The fraction of sp³-hybridized carbons (Fsp3) is 0.353. The number of nitrogens with zero attached hydrogens (tertiary/aromatic N) is 3. The number of carbonyl (C=O) groups excluding carboxylic acids is 1. The molecule has 1 aromatic carbocycles. The van der Waals surface area contributed by atoms with Gasteiger partial charge in [-0.2, -0.15) is 5.10 Å². The predicted molar refractivity (Wildman–Crippen MR) is 91.4 cm³/mol. The molecule has 2 heterocycles. The lowest BCUT2D eigenvalue weighted by molar-refractivity contribution is -0.145. The first kappa shape index (κ1) is 16.5.